The summed E-state index contributed by atoms with van der Waals surface area (Å²) in [5.41, 5.74) is 0.977. The molecule has 0 spiro atoms. The predicted molar refractivity (Wildman–Crippen MR) is 96.5 cm³/mol. The smallest absolute Gasteiger partial charge is 0.238 e. The number of rotatable bonds is 9. The van der Waals surface area contributed by atoms with Gasteiger partial charge in [0.2, 0.25) is 11.0 Å². The highest BCUT2D eigenvalue weighted by Gasteiger charge is 2.29. The van der Waals surface area contributed by atoms with E-state index in [1.807, 2.05) is 30.3 Å². The predicted octanol–water partition coefficient (Wildman–Crippen LogP) is 2.71. The van der Waals surface area contributed by atoms with Crippen LogP contribution in [0, 0.1) is 0 Å². The van der Waals surface area contributed by atoms with Crippen LogP contribution in [-0.4, -0.2) is 42.4 Å². The molecule has 3 rings (SSSR count). The van der Waals surface area contributed by atoms with Crippen molar-refractivity contribution in [2.24, 2.45) is 0 Å². The third kappa shape index (κ3) is 4.93. The fourth-order valence-corrected chi connectivity index (χ4v) is 4.07. The van der Waals surface area contributed by atoms with Gasteiger partial charge in [-0.3, -0.25) is 4.79 Å². The Kier molecular flexibility index (Phi) is 6.06. The average Bonchev–Trinajstić information content (AvgIpc) is 3.30. The summed E-state index contributed by atoms with van der Waals surface area (Å²) in [6.07, 6.45) is 2.15. The molecule has 1 aromatic heterocycles. The minimum atomic E-state index is -0.313. The number of thioether (sulfide) groups is 1. The van der Waals surface area contributed by atoms with Crippen LogP contribution in [0.5, 0.6) is 0 Å². The summed E-state index contributed by atoms with van der Waals surface area (Å²) in [7, 11) is 1.66. The van der Waals surface area contributed by atoms with Crippen molar-refractivity contribution in [1.82, 2.24) is 15.5 Å². The lowest BCUT2D eigenvalue weighted by molar-refractivity contribution is -0.120. The Morgan fingerprint density at radius 1 is 1.38 bits per heavy atom. The number of carbonyl (C=O) groups excluding carboxylic acids is 1. The normalized spacial score (nSPS) is 15.0. The summed E-state index contributed by atoms with van der Waals surface area (Å²) in [6.45, 7) is 1.29. The van der Waals surface area contributed by atoms with E-state index in [1.165, 1.54) is 23.1 Å². The Labute approximate surface area is 149 Å². The number of anilines is 1. The second kappa shape index (κ2) is 8.46. The molecule has 0 bridgehead atoms. The monoisotopic (exact) mass is 364 g/mol. The van der Waals surface area contributed by atoms with Crippen LogP contribution >= 0.6 is 23.1 Å². The van der Waals surface area contributed by atoms with Crippen molar-refractivity contribution >= 4 is 34.1 Å². The van der Waals surface area contributed by atoms with Crippen molar-refractivity contribution < 1.29 is 9.53 Å². The van der Waals surface area contributed by atoms with Crippen LogP contribution < -0.4 is 10.6 Å². The van der Waals surface area contributed by atoms with Crippen LogP contribution in [0.2, 0.25) is 0 Å². The number of methoxy groups -OCH3 is 1. The highest BCUT2D eigenvalue weighted by molar-refractivity contribution is 8.01. The van der Waals surface area contributed by atoms with Crippen molar-refractivity contribution in [1.29, 1.82) is 0 Å². The minimum absolute atomic E-state index is 0.0396. The standard InChI is InChI=1S/C16H20N4O2S2/c1-22-10-9-17-15-19-20-16(24-15)23-13(11-5-3-2-4-6-11)14(21)18-12-7-8-12/h2-6,12-13H,7-10H2,1H3,(H,17,19)(H,18,21)/t13-/m1/s1. The van der Waals surface area contributed by atoms with Crippen LogP contribution in [-0.2, 0) is 9.53 Å². The van der Waals surface area contributed by atoms with Gasteiger partial charge in [-0.05, 0) is 18.4 Å². The Morgan fingerprint density at radius 2 is 2.17 bits per heavy atom. The third-order valence-electron chi connectivity index (χ3n) is 3.47. The largest absolute Gasteiger partial charge is 0.383 e. The summed E-state index contributed by atoms with van der Waals surface area (Å²) in [5.74, 6) is 0.0396. The Balaban J connectivity index is 1.68. The van der Waals surface area contributed by atoms with Gasteiger partial charge in [-0.1, -0.05) is 53.4 Å². The first-order chi connectivity index (χ1) is 11.8. The number of nitrogens with one attached hydrogen (secondary N) is 2. The summed E-state index contributed by atoms with van der Waals surface area (Å²) < 4.78 is 5.78. The van der Waals surface area contributed by atoms with Gasteiger partial charge in [0.05, 0.1) is 6.61 Å². The second-order valence-electron chi connectivity index (χ2n) is 5.48. The maximum Gasteiger partial charge on any atom is 0.238 e. The van der Waals surface area contributed by atoms with E-state index >= 15 is 0 Å². The van der Waals surface area contributed by atoms with Crippen molar-refractivity contribution in [2.75, 3.05) is 25.6 Å². The van der Waals surface area contributed by atoms with Gasteiger partial charge in [-0.25, -0.2) is 0 Å². The van der Waals surface area contributed by atoms with E-state index in [0.717, 1.165) is 27.9 Å². The topological polar surface area (TPSA) is 76.1 Å². The zero-order chi connectivity index (χ0) is 16.8. The van der Waals surface area contributed by atoms with E-state index in [9.17, 15) is 4.79 Å². The molecule has 1 aliphatic rings. The molecule has 0 radical (unpaired) electrons. The molecular weight excluding hydrogens is 344 g/mol. The van der Waals surface area contributed by atoms with E-state index < -0.39 is 0 Å². The maximum atomic E-state index is 12.6. The number of benzene rings is 1. The van der Waals surface area contributed by atoms with Crippen LogP contribution in [0.15, 0.2) is 34.7 Å². The molecule has 0 saturated heterocycles. The Morgan fingerprint density at radius 3 is 2.88 bits per heavy atom. The molecule has 24 heavy (non-hydrogen) atoms. The van der Waals surface area contributed by atoms with Crippen molar-refractivity contribution in [3.8, 4) is 0 Å². The fraction of sp³-hybridized carbons (Fsp3) is 0.438. The summed E-state index contributed by atoms with van der Waals surface area (Å²) in [4.78, 5) is 12.6. The van der Waals surface area contributed by atoms with E-state index in [1.54, 1.807) is 7.11 Å². The number of amides is 1. The van der Waals surface area contributed by atoms with E-state index in [-0.39, 0.29) is 11.2 Å². The van der Waals surface area contributed by atoms with Gasteiger partial charge < -0.3 is 15.4 Å². The molecule has 128 valence electrons. The van der Waals surface area contributed by atoms with Crippen LogP contribution in [0.4, 0.5) is 5.13 Å². The molecule has 1 heterocycles. The molecule has 0 unspecified atom stereocenters. The average molecular weight is 364 g/mol. The van der Waals surface area contributed by atoms with Crippen LogP contribution in [0.25, 0.3) is 0 Å². The molecule has 2 aromatic rings. The molecule has 1 aromatic carbocycles. The van der Waals surface area contributed by atoms with E-state index in [2.05, 4.69) is 20.8 Å². The molecule has 1 amide bonds. The quantitative estimate of drug-likeness (QED) is 0.526. The maximum absolute atomic E-state index is 12.6. The van der Waals surface area contributed by atoms with E-state index in [4.69, 9.17) is 4.74 Å². The zero-order valence-electron chi connectivity index (χ0n) is 13.4. The van der Waals surface area contributed by atoms with E-state index in [0.29, 0.717) is 19.2 Å². The lowest BCUT2D eigenvalue weighted by atomic mass is 10.1. The molecular formula is C16H20N4O2S2. The third-order valence-corrected chi connectivity index (χ3v) is 5.69. The SMILES string of the molecule is COCCNc1nnc(S[C@@H](C(=O)NC2CC2)c2ccccc2)s1. The number of aromatic nitrogens is 2. The Bertz CT molecular complexity index is 661. The number of ether oxygens (including phenoxy) is 1. The summed E-state index contributed by atoms with van der Waals surface area (Å²) >= 11 is 2.89. The summed E-state index contributed by atoms with van der Waals surface area (Å²) in [5, 5.41) is 15.0. The molecule has 2 N–H and O–H groups in total. The first-order valence-electron chi connectivity index (χ1n) is 7.84. The second-order valence-corrected chi connectivity index (χ2v) is 7.81. The van der Waals surface area contributed by atoms with Gasteiger partial charge in [0.15, 0.2) is 4.34 Å². The van der Waals surface area contributed by atoms with Crippen LogP contribution in [0.1, 0.15) is 23.7 Å². The lowest BCUT2D eigenvalue weighted by Crippen LogP contribution is -2.29. The highest BCUT2D eigenvalue weighted by Crippen LogP contribution is 2.38. The minimum Gasteiger partial charge on any atom is -0.383 e. The first-order valence-corrected chi connectivity index (χ1v) is 9.54. The van der Waals surface area contributed by atoms with Gasteiger partial charge in [0.25, 0.3) is 0 Å². The highest BCUT2D eigenvalue weighted by atomic mass is 32.2. The van der Waals surface area contributed by atoms with Crippen LogP contribution in [0.3, 0.4) is 0 Å². The van der Waals surface area contributed by atoms with Gasteiger partial charge >= 0.3 is 0 Å². The fourth-order valence-electron chi connectivity index (χ4n) is 2.09. The molecule has 1 atom stereocenters. The van der Waals surface area contributed by atoms with Gasteiger partial charge in [0.1, 0.15) is 5.25 Å². The number of carbonyl (C=O) groups is 1. The molecule has 0 aliphatic heterocycles. The molecule has 8 heteroatoms. The molecule has 1 saturated carbocycles. The van der Waals surface area contributed by atoms with Gasteiger partial charge in [-0.15, -0.1) is 10.2 Å². The lowest BCUT2D eigenvalue weighted by Gasteiger charge is -2.15. The van der Waals surface area contributed by atoms with Crippen molar-refractivity contribution in [2.45, 2.75) is 28.5 Å². The number of nitrogens with zero attached hydrogens (tertiary/aromatic N) is 2. The van der Waals surface area contributed by atoms with Gasteiger partial charge in [0, 0.05) is 19.7 Å². The van der Waals surface area contributed by atoms with Crippen molar-refractivity contribution in [3.05, 3.63) is 35.9 Å². The number of hydrogen-bond acceptors (Lipinski definition) is 7. The summed E-state index contributed by atoms with van der Waals surface area (Å²) in [6, 6.07) is 10.1. The number of hydrogen-bond donors (Lipinski definition) is 2. The van der Waals surface area contributed by atoms with Crippen molar-refractivity contribution in [3.63, 3.8) is 0 Å². The zero-order valence-corrected chi connectivity index (χ0v) is 15.0. The first kappa shape index (κ1) is 17.2. The molecule has 6 nitrogen and oxygen atoms in total. The molecule has 1 fully saturated rings. The Hall–Kier alpha value is -1.64. The van der Waals surface area contributed by atoms with Gasteiger partial charge in [-0.2, -0.15) is 0 Å². The molecule has 1 aliphatic carbocycles.